The largest absolute Gasteiger partial charge is 0.465 e. The number of esters is 1. The van der Waals surface area contributed by atoms with Gasteiger partial charge in [0.25, 0.3) is 0 Å². The first-order chi connectivity index (χ1) is 8.22. The molecule has 1 heterocycles. The highest BCUT2D eigenvalue weighted by atomic mass is 32.2. The molecule has 1 atom stereocenters. The van der Waals surface area contributed by atoms with E-state index in [1.807, 2.05) is 6.26 Å². The van der Waals surface area contributed by atoms with Crippen LogP contribution in [0.4, 0.5) is 0 Å². The normalized spacial score (nSPS) is 12.6. The highest BCUT2D eigenvalue weighted by Crippen LogP contribution is 2.16. The van der Waals surface area contributed by atoms with Crippen LogP contribution in [0.2, 0.25) is 0 Å². The van der Waals surface area contributed by atoms with Crippen LogP contribution in [0.5, 0.6) is 0 Å². The number of thioether (sulfide) groups is 1. The summed E-state index contributed by atoms with van der Waals surface area (Å²) in [5.41, 5.74) is 0.445. The third kappa shape index (κ3) is 3.70. The second-order valence-corrected chi connectivity index (χ2v) is 3.74. The Bertz CT molecular complexity index is 412. The van der Waals surface area contributed by atoms with Gasteiger partial charge in [-0.3, -0.25) is 4.79 Å². The van der Waals surface area contributed by atoms with Crippen LogP contribution in [-0.4, -0.2) is 40.2 Å². The average Bonchev–Trinajstić information content (AvgIpc) is 2.36. The van der Waals surface area contributed by atoms with Crippen molar-refractivity contribution in [2.75, 3.05) is 12.9 Å². The Morgan fingerprint density at radius 3 is 3.12 bits per heavy atom. The molecule has 92 valence electrons. The highest BCUT2D eigenvalue weighted by Gasteiger charge is 2.22. The summed E-state index contributed by atoms with van der Waals surface area (Å²) in [4.78, 5) is 19.8. The summed E-state index contributed by atoms with van der Waals surface area (Å²) in [6.07, 6.45) is 4.47. The molecule has 1 aromatic rings. The first-order valence-corrected chi connectivity index (χ1v) is 6.16. The molecule has 0 saturated heterocycles. The monoisotopic (exact) mass is 255 g/mol. The summed E-state index contributed by atoms with van der Waals surface area (Å²) in [7, 11) is 0. The van der Waals surface area contributed by atoms with Crippen molar-refractivity contribution in [3.63, 3.8) is 0 Å². The molecule has 1 unspecified atom stereocenters. The quantitative estimate of drug-likeness (QED) is 0.213. The van der Waals surface area contributed by atoms with Gasteiger partial charge in [-0.25, -0.2) is 9.97 Å². The van der Waals surface area contributed by atoms with Gasteiger partial charge in [0.05, 0.1) is 18.5 Å². The van der Waals surface area contributed by atoms with E-state index in [9.17, 15) is 4.79 Å². The number of carbonyl (C=O) groups excluding carboxylic acids is 1. The van der Waals surface area contributed by atoms with Crippen LogP contribution >= 0.6 is 11.8 Å². The average molecular weight is 255 g/mol. The molecule has 0 aliphatic rings. The summed E-state index contributed by atoms with van der Waals surface area (Å²) in [6.45, 7) is 1.97. The minimum absolute atomic E-state index is 0.259. The predicted octanol–water partition coefficient (Wildman–Crippen LogP) is 1.31. The zero-order valence-electron chi connectivity index (χ0n) is 9.53. The van der Waals surface area contributed by atoms with Crippen molar-refractivity contribution in [3.8, 4) is 0 Å². The molecule has 0 spiro atoms. The topological polar surface area (TPSA) is 84.7 Å². The van der Waals surface area contributed by atoms with E-state index < -0.39 is 11.9 Å². The molecule has 1 N–H and O–H groups in total. The highest BCUT2D eigenvalue weighted by molar-refractivity contribution is 7.98. The van der Waals surface area contributed by atoms with E-state index in [0.29, 0.717) is 10.9 Å². The Morgan fingerprint density at radius 1 is 1.76 bits per heavy atom. The second-order valence-electron chi connectivity index (χ2n) is 2.96. The number of oxime groups is 1. The molecular weight excluding hydrogens is 242 g/mol. The first kappa shape index (κ1) is 13.4. The van der Waals surface area contributed by atoms with Gasteiger partial charge in [0.15, 0.2) is 5.16 Å². The summed E-state index contributed by atoms with van der Waals surface area (Å²) in [6, 6.07) is 1.59. The fourth-order valence-corrected chi connectivity index (χ4v) is 1.55. The second kappa shape index (κ2) is 6.85. The molecule has 0 aliphatic heterocycles. The van der Waals surface area contributed by atoms with E-state index in [-0.39, 0.29) is 6.61 Å². The predicted molar refractivity (Wildman–Crippen MR) is 63.5 cm³/mol. The van der Waals surface area contributed by atoms with Crippen molar-refractivity contribution in [2.45, 2.75) is 18.0 Å². The van der Waals surface area contributed by atoms with Crippen LogP contribution in [0.1, 0.15) is 18.5 Å². The Kier molecular flexibility index (Phi) is 5.41. The van der Waals surface area contributed by atoms with Gasteiger partial charge in [-0.05, 0) is 19.2 Å². The number of ether oxygens (including phenoxy) is 1. The van der Waals surface area contributed by atoms with Gasteiger partial charge < -0.3 is 9.94 Å². The molecule has 0 saturated carbocycles. The van der Waals surface area contributed by atoms with Crippen molar-refractivity contribution in [1.29, 1.82) is 0 Å². The van der Waals surface area contributed by atoms with Crippen molar-refractivity contribution < 1.29 is 14.7 Å². The van der Waals surface area contributed by atoms with E-state index in [2.05, 4.69) is 15.1 Å². The molecule has 0 aliphatic carbocycles. The number of rotatable bonds is 5. The first-order valence-electron chi connectivity index (χ1n) is 4.94. The molecule has 0 aromatic carbocycles. The lowest BCUT2D eigenvalue weighted by Gasteiger charge is -2.10. The van der Waals surface area contributed by atoms with Crippen LogP contribution in [0.3, 0.4) is 0 Å². The van der Waals surface area contributed by atoms with Gasteiger partial charge in [0.1, 0.15) is 5.92 Å². The fraction of sp³-hybridized carbons (Fsp3) is 0.400. The van der Waals surface area contributed by atoms with Crippen LogP contribution in [0.25, 0.3) is 0 Å². The van der Waals surface area contributed by atoms with Gasteiger partial charge in [0, 0.05) is 6.20 Å². The third-order valence-corrected chi connectivity index (χ3v) is 2.47. The maximum absolute atomic E-state index is 11.6. The van der Waals surface area contributed by atoms with Crippen molar-refractivity contribution in [3.05, 3.63) is 18.0 Å². The maximum atomic E-state index is 11.6. The molecule has 0 radical (unpaired) electrons. The van der Waals surface area contributed by atoms with Crippen LogP contribution in [0.15, 0.2) is 22.6 Å². The Balaban J connectivity index is 3.00. The lowest BCUT2D eigenvalue weighted by molar-refractivity contribution is -0.143. The van der Waals surface area contributed by atoms with Gasteiger partial charge in [-0.1, -0.05) is 11.8 Å². The van der Waals surface area contributed by atoms with Crippen LogP contribution < -0.4 is 0 Å². The van der Waals surface area contributed by atoms with Crippen LogP contribution in [-0.2, 0) is 9.53 Å². The van der Waals surface area contributed by atoms with Gasteiger partial charge in [-0.2, -0.15) is 0 Å². The molecule has 17 heavy (non-hydrogen) atoms. The molecule has 0 amide bonds. The number of carbonyl (C=O) groups is 1. The van der Waals surface area contributed by atoms with Crippen LogP contribution in [0, 0.1) is 0 Å². The Morgan fingerprint density at radius 2 is 2.53 bits per heavy atom. The van der Waals surface area contributed by atoms with Crippen molar-refractivity contribution in [1.82, 2.24) is 9.97 Å². The molecule has 0 bridgehead atoms. The third-order valence-electron chi connectivity index (χ3n) is 1.91. The molecule has 0 fully saturated rings. The van der Waals surface area contributed by atoms with E-state index in [4.69, 9.17) is 9.94 Å². The summed E-state index contributed by atoms with van der Waals surface area (Å²) < 4.78 is 4.88. The van der Waals surface area contributed by atoms with E-state index in [1.165, 1.54) is 11.8 Å². The zero-order valence-corrected chi connectivity index (χ0v) is 10.3. The number of hydrogen-bond donors (Lipinski definition) is 1. The van der Waals surface area contributed by atoms with E-state index in [1.54, 1.807) is 19.2 Å². The smallest absolute Gasteiger partial charge is 0.320 e. The number of nitrogens with zero attached hydrogens (tertiary/aromatic N) is 3. The number of hydrogen-bond acceptors (Lipinski definition) is 7. The fourth-order valence-electron chi connectivity index (χ4n) is 1.18. The standard InChI is InChI=1S/C10H13N3O3S/c1-3-16-9(14)7(6-12-15)8-4-5-11-10(13-8)17-2/h4-7,15H,3H2,1-2H3/b12-6+. The summed E-state index contributed by atoms with van der Waals surface area (Å²) in [5, 5.41) is 12.0. The van der Waals surface area contributed by atoms with E-state index in [0.717, 1.165) is 6.21 Å². The maximum Gasteiger partial charge on any atom is 0.320 e. The number of aromatic nitrogens is 2. The molecular formula is C10H13N3O3S. The molecule has 7 heteroatoms. The molecule has 1 rings (SSSR count). The minimum atomic E-state index is -0.811. The minimum Gasteiger partial charge on any atom is -0.465 e. The van der Waals surface area contributed by atoms with Gasteiger partial charge in [0.2, 0.25) is 0 Å². The molecule has 6 nitrogen and oxygen atoms in total. The van der Waals surface area contributed by atoms with Gasteiger partial charge in [-0.15, -0.1) is 5.16 Å². The molecule has 1 aromatic heterocycles. The van der Waals surface area contributed by atoms with Crippen molar-refractivity contribution >= 4 is 23.9 Å². The lowest BCUT2D eigenvalue weighted by atomic mass is 10.1. The Hall–Kier alpha value is -1.63. The van der Waals surface area contributed by atoms with E-state index >= 15 is 0 Å². The summed E-state index contributed by atoms with van der Waals surface area (Å²) in [5.74, 6) is -1.31. The summed E-state index contributed by atoms with van der Waals surface area (Å²) >= 11 is 1.36. The SMILES string of the molecule is CCOC(=O)C(/C=N/O)c1ccnc(SC)n1. The zero-order chi connectivity index (χ0) is 12.7. The van der Waals surface area contributed by atoms with Crippen molar-refractivity contribution in [2.24, 2.45) is 5.16 Å². The lowest BCUT2D eigenvalue weighted by Crippen LogP contribution is -2.18. The Labute approximate surface area is 103 Å². The van der Waals surface area contributed by atoms with Gasteiger partial charge >= 0.3 is 5.97 Å².